The summed E-state index contributed by atoms with van der Waals surface area (Å²) in [4.78, 5) is 0. The van der Waals surface area contributed by atoms with Crippen molar-refractivity contribution in [1.82, 2.24) is 5.32 Å². The molecule has 1 aromatic carbocycles. The number of phenols is 1. The van der Waals surface area contributed by atoms with E-state index in [1.807, 2.05) is 0 Å². The quantitative estimate of drug-likeness (QED) is 0.780. The summed E-state index contributed by atoms with van der Waals surface area (Å²) in [5.74, 6) is 1.23. The highest BCUT2D eigenvalue weighted by Gasteiger charge is 2.71. The van der Waals surface area contributed by atoms with Crippen LogP contribution in [0, 0.1) is 16.7 Å². The molecule has 21 heavy (non-hydrogen) atoms. The maximum Gasteiger partial charge on any atom is 0.115 e. The van der Waals surface area contributed by atoms with Crippen molar-refractivity contribution in [3.8, 4) is 5.75 Å². The highest BCUT2D eigenvalue weighted by molar-refractivity contribution is 5.27. The molecule has 0 aliphatic heterocycles. The van der Waals surface area contributed by atoms with Crippen LogP contribution in [0.4, 0.5) is 0 Å². The molecule has 3 N–H and O–H groups in total. The predicted octanol–water partition coefficient (Wildman–Crippen LogP) is 2.99. The van der Waals surface area contributed by atoms with Gasteiger partial charge in [0.2, 0.25) is 0 Å². The molecule has 3 saturated carbocycles. The molecule has 2 bridgehead atoms. The zero-order valence-corrected chi connectivity index (χ0v) is 12.5. The number of hydrogen-bond donors (Lipinski definition) is 3. The number of aromatic hydroxyl groups is 1. The second-order valence-corrected chi connectivity index (χ2v) is 7.64. The van der Waals surface area contributed by atoms with Crippen molar-refractivity contribution in [2.75, 3.05) is 13.1 Å². The number of aliphatic hydroxyl groups excluding tert-OH is 1. The second-order valence-electron chi connectivity index (χ2n) is 7.64. The van der Waals surface area contributed by atoms with Crippen LogP contribution in [-0.4, -0.2) is 23.3 Å². The van der Waals surface area contributed by atoms with Crippen LogP contribution < -0.4 is 5.32 Å². The monoisotopic (exact) mass is 287 g/mol. The topological polar surface area (TPSA) is 52.5 Å². The number of benzene rings is 1. The molecule has 114 valence electrons. The van der Waals surface area contributed by atoms with Crippen molar-refractivity contribution in [3.63, 3.8) is 0 Å². The van der Waals surface area contributed by atoms with Gasteiger partial charge in [0.25, 0.3) is 0 Å². The Labute approximate surface area is 126 Å². The molecule has 3 heteroatoms. The lowest BCUT2D eigenvalue weighted by molar-refractivity contribution is 0.170. The van der Waals surface area contributed by atoms with Gasteiger partial charge in [-0.1, -0.05) is 25.0 Å². The molecule has 3 nitrogen and oxygen atoms in total. The third kappa shape index (κ3) is 2.18. The molecule has 1 spiro atoms. The second kappa shape index (κ2) is 4.72. The smallest absolute Gasteiger partial charge is 0.115 e. The van der Waals surface area contributed by atoms with Crippen LogP contribution in [0.3, 0.4) is 0 Å². The van der Waals surface area contributed by atoms with Gasteiger partial charge in [0.15, 0.2) is 0 Å². The summed E-state index contributed by atoms with van der Waals surface area (Å²) in [5.41, 5.74) is 2.10. The Morgan fingerprint density at radius 3 is 2.81 bits per heavy atom. The highest BCUT2D eigenvalue weighted by atomic mass is 16.3. The minimum absolute atomic E-state index is 0.246. The molecular formula is C18H25NO2. The molecule has 0 radical (unpaired) electrons. The van der Waals surface area contributed by atoms with E-state index in [-0.39, 0.29) is 5.75 Å². The van der Waals surface area contributed by atoms with E-state index in [1.165, 1.54) is 38.5 Å². The minimum atomic E-state index is -0.488. The maximum atomic E-state index is 10.2. The van der Waals surface area contributed by atoms with Crippen LogP contribution in [0.2, 0.25) is 0 Å². The first-order chi connectivity index (χ1) is 10.1. The minimum Gasteiger partial charge on any atom is -0.508 e. The fourth-order valence-electron chi connectivity index (χ4n) is 5.33. The van der Waals surface area contributed by atoms with Crippen molar-refractivity contribution >= 4 is 0 Å². The van der Waals surface area contributed by atoms with Gasteiger partial charge >= 0.3 is 0 Å². The lowest BCUT2D eigenvalue weighted by Crippen LogP contribution is -2.29. The van der Waals surface area contributed by atoms with Crippen molar-refractivity contribution in [2.45, 2.75) is 44.6 Å². The van der Waals surface area contributed by atoms with Crippen molar-refractivity contribution < 1.29 is 10.2 Å². The molecule has 0 heterocycles. The summed E-state index contributed by atoms with van der Waals surface area (Å²) in [7, 11) is 0. The zero-order chi connectivity index (χ0) is 14.5. The Balaban J connectivity index is 1.31. The van der Waals surface area contributed by atoms with Gasteiger partial charge in [0.1, 0.15) is 5.75 Å². The summed E-state index contributed by atoms with van der Waals surface area (Å²) >= 11 is 0. The molecule has 4 rings (SSSR count). The Morgan fingerprint density at radius 2 is 2.05 bits per heavy atom. The lowest BCUT2D eigenvalue weighted by atomic mass is 9.83. The largest absolute Gasteiger partial charge is 0.508 e. The molecule has 3 aliphatic carbocycles. The van der Waals surface area contributed by atoms with Gasteiger partial charge in [0.05, 0.1) is 6.10 Å². The van der Waals surface area contributed by atoms with Crippen LogP contribution in [0.5, 0.6) is 5.75 Å². The van der Waals surface area contributed by atoms with E-state index in [0.29, 0.717) is 17.4 Å². The number of hydrogen-bond acceptors (Lipinski definition) is 3. The first kappa shape index (κ1) is 13.6. The first-order valence-electron chi connectivity index (χ1n) is 8.30. The van der Waals surface area contributed by atoms with Crippen molar-refractivity contribution in [3.05, 3.63) is 29.8 Å². The van der Waals surface area contributed by atoms with Gasteiger partial charge in [-0.3, -0.25) is 0 Å². The molecule has 0 aromatic heterocycles. The number of fused-ring (bicyclic) bond motifs is 1. The van der Waals surface area contributed by atoms with E-state index >= 15 is 0 Å². The van der Waals surface area contributed by atoms with Gasteiger partial charge in [-0.2, -0.15) is 0 Å². The summed E-state index contributed by atoms with van der Waals surface area (Å²) in [6.45, 7) is 1.67. The van der Waals surface area contributed by atoms with E-state index in [2.05, 4.69) is 5.32 Å². The molecule has 4 atom stereocenters. The van der Waals surface area contributed by atoms with Crippen molar-refractivity contribution in [1.29, 1.82) is 0 Å². The lowest BCUT2D eigenvalue weighted by Gasteiger charge is -2.22. The van der Waals surface area contributed by atoms with Crippen LogP contribution in [0.25, 0.3) is 0 Å². The van der Waals surface area contributed by atoms with Crippen LogP contribution in [-0.2, 0) is 0 Å². The number of phenolic OH excluding ortho intramolecular Hbond substituents is 1. The SMILES string of the molecule is Oc1ccc(C(O)CNCC23CC4CCCC2(C4)C3)cc1. The molecule has 0 amide bonds. The number of aliphatic hydroxyl groups is 1. The van der Waals surface area contributed by atoms with E-state index in [9.17, 15) is 10.2 Å². The van der Waals surface area contributed by atoms with Crippen LogP contribution >= 0.6 is 0 Å². The fourth-order valence-corrected chi connectivity index (χ4v) is 5.33. The molecule has 3 aliphatic rings. The number of nitrogens with one attached hydrogen (secondary N) is 1. The van der Waals surface area contributed by atoms with Gasteiger partial charge in [-0.05, 0) is 60.1 Å². The van der Waals surface area contributed by atoms with E-state index < -0.39 is 6.10 Å². The fraction of sp³-hybridized carbons (Fsp3) is 0.667. The molecule has 3 fully saturated rings. The molecule has 0 saturated heterocycles. The molecule has 4 unspecified atom stereocenters. The normalized spacial score (nSPS) is 38.0. The van der Waals surface area contributed by atoms with Crippen LogP contribution in [0.15, 0.2) is 24.3 Å². The summed E-state index contributed by atoms with van der Waals surface area (Å²) in [6.07, 6.45) is 8.12. The first-order valence-corrected chi connectivity index (χ1v) is 8.30. The summed E-state index contributed by atoms with van der Waals surface area (Å²) < 4.78 is 0. The van der Waals surface area contributed by atoms with Gasteiger partial charge in [0, 0.05) is 13.1 Å². The third-order valence-electron chi connectivity index (χ3n) is 6.38. The Hall–Kier alpha value is -1.06. The Kier molecular flexibility index (Phi) is 3.05. The Morgan fingerprint density at radius 1 is 1.24 bits per heavy atom. The average Bonchev–Trinajstić information content (AvgIpc) is 2.97. The highest BCUT2D eigenvalue weighted by Crippen LogP contribution is 2.78. The third-order valence-corrected chi connectivity index (χ3v) is 6.38. The average molecular weight is 287 g/mol. The van der Waals surface area contributed by atoms with E-state index in [0.717, 1.165) is 18.0 Å². The summed E-state index contributed by atoms with van der Waals surface area (Å²) in [5, 5.41) is 23.0. The Bertz CT molecular complexity index is 529. The molecule has 1 aromatic rings. The molecular weight excluding hydrogens is 262 g/mol. The maximum absolute atomic E-state index is 10.2. The van der Waals surface area contributed by atoms with Crippen molar-refractivity contribution in [2.24, 2.45) is 16.7 Å². The van der Waals surface area contributed by atoms with Gasteiger partial charge in [-0.25, -0.2) is 0 Å². The standard InChI is InChI=1S/C18H25NO2/c20-15-5-3-14(4-6-15)16(21)10-19-12-18-9-13-2-1-7-17(18,8-13)11-18/h3-6,13,16,19-21H,1-2,7-12H2. The number of rotatable bonds is 5. The van der Waals surface area contributed by atoms with E-state index in [4.69, 9.17) is 0 Å². The van der Waals surface area contributed by atoms with Gasteiger partial charge < -0.3 is 15.5 Å². The zero-order valence-electron chi connectivity index (χ0n) is 12.5. The van der Waals surface area contributed by atoms with E-state index in [1.54, 1.807) is 24.3 Å². The van der Waals surface area contributed by atoms with Crippen LogP contribution in [0.1, 0.15) is 50.2 Å². The predicted molar refractivity (Wildman–Crippen MR) is 82.0 cm³/mol. The summed E-state index contributed by atoms with van der Waals surface area (Å²) in [6, 6.07) is 6.85. The van der Waals surface area contributed by atoms with Gasteiger partial charge in [-0.15, -0.1) is 0 Å².